The Kier molecular flexibility index (Phi) is 5.14. The highest BCUT2D eigenvalue weighted by atomic mass is 79.9. The van der Waals surface area contributed by atoms with Gasteiger partial charge in [0.05, 0.1) is 36.2 Å². The topological polar surface area (TPSA) is 133 Å². The van der Waals surface area contributed by atoms with Gasteiger partial charge in [-0.3, -0.25) is 29.8 Å². The number of non-ortho nitro benzene ring substituents is 2. The summed E-state index contributed by atoms with van der Waals surface area (Å²) in [6.45, 7) is 0. The number of allylic oxidation sites excluding steroid dienone is 4. The molecule has 122 valence electrons. The number of hydrogen-bond acceptors (Lipinski definition) is 6. The zero-order valence-corrected chi connectivity index (χ0v) is 14.6. The zero-order chi connectivity index (χ0) is 18.0. The van der Waals surface area contributed by atoms with Gasteiger partial charge in [0.25, 0.3) is 17.3 Å². The number of amides is 1. The molecule has 0 saturated heterocycles. The first kappa shape index (κ1) is 17.8. The van der Waals surface area contributed by atoms with E-state index in [9.17, 15) is 29.8 Å². The lowest BCUT2D eigenvalue weighted by Gasteiger charge is -2.06. The molecule has 0 radical (unpaired) electrons. The molecule has 0 N–H and O–H groups in total. The molecule has 0 heterocycles. The normalized spacial score (nSPS) is 13.9. The molecule has 24 heavy (non-hydrogen) atoms. The number of carbonyl (C=O) groups excluding carboxylic acids is 2. The van der Waals surface area contributed by atoms with Crippen LogP contribution in [0.1, 0.15) is 10.4 Å². The molecule has 1 amide bonds. The summed E-state index contributed by atoms with van der Waals surface area (Å²) in [5.74, 6) is -1.26. The second-order valence-corrected chi connectivity index (χ2v) is 6.12. The Morgan fingerprint density at radius 1 is 0.958 bits per heavy atom. The second kappa shape index (κ2) is 6.93. The van der Waals surface area contributed by atoms with Crippen molar-refractivity contribution in [1.82, 2.24) is 0 Å². The zero-order valence-electron chi connectivity index (χ0n) is 11.4. The fourth-order valence-electron chi connectivity index (χ4n) is 1.72. The van der Waals surface area contributed by atoms with E-state index in [1.807, 2.05) is 0 Å². The summed E-state index contributed by atoms with van der Waals surface area (Å²) < 4.78 is 0.321. The highest BCUT2D eigenvalue weighted by Gasteiger charge is 2.21. The van der Waals surface area contributed by atoms with Gasteiger partial charge < -0.3 is 0 Å². The number of benzene rings is 1. The summed E-state index contributed by atoms with van der Waals surface area (Å²) in [5.41, 5.74) is -1.40. The molecule has 9 nitrogen and oxygen atoms in total. The van der Waals surface area contributed by atoms with Gasteiger partial charge >= 0.3 is 0 Å². The van der Waals surface area contributed by atoms with E-state index in [0.29, 0.717) is 0 Å². The minimum atomic E-state index is -0.917. The largest absolute Gasteiger partial charge is 0.287 e. The Morgan fingerprint density at radius 2 is 1.42 bits per heavy atom. The molecule has 2 rings (SSSR count). The molecule has 1 aliphatic rings. The predicted molar refractivity (Wildman–Crippen MR) is 90.5 cm³/mol. The molecular weight excluding hydrogens is 454 g/mol. The average molecular weight is 459 g/mol. The van der Waals surface area contributed by atoms with Crippen LogP contribution in [0.5, 0.6) is 0 Å². The molecule has 0 aromatic heterocycles. The van der Waals surface area contributed by atoms with E-state index >= 15 is 0 Å². The maximum absolute atomic E-state index is 12.2. The lowest BCUT2D eigenvalue weighted by atomic mass is 10.1. The Hall–Kier alpha value is -2.53. The number of rotatable bonds is 3. The van der Waals surface area contributed by atoms with Gasteiger partial charge in [0.2, 0.25) is 5.78 Å². The van der Waals surface area contributed by atoms with Crippen LogP contribution in [-0.4, -0.2) is 27.2 Å². The Bertz CT molecular complexity index is 831. The summed E-state index contributed by atoms with van der Waals surface area (Å²) in [5, 5.41) is 21.7. The van der Waals surface area contributed by atoms with Crippen LogP contribution in [0.3, 0.4) is 0 Å². The molecule has 1 aromatic carbocycles. The fraction of sp³-hybridized carbons (Fsp3) is 0. The number of ketones is 1. The van der Waals surface area contributed by atoms with E-state index in [1.165, 1.54) is 12.2 Å². The van der Waals surface area contributed by atoms with Gasteiger partial charge in [-0.2, -0.15) is 0 Å². The van der Waals surface area contributed by atoms with Crippen LogP contribution in [0.2, 0.25) is 0 Å². The van der Waals surface area contributed by atoms with Crippen LogP contribution in [-0.2, 0) is 4.79 Å². The van der Waals surface area contributed by atoms with Crippen molar-refractivity contribution in [3.63, 3.8) is 0 Å². The maximum atomic E-state index is 12.2. The molecule has 0 unspecified atom stereocenters. The number of halogens is 2. The SMILES string of the molecule is O=C1C(Br)=CC(=NC(=O)c2cc([N+](=O)[O-])cc([N+](=O)[O-])c2)C=C1Br. The molecule has 11 heteroatoms. The van der Waals surface area contributed by atoms with E-state index in [-0.39, 0.29) is 26.0 Å². The first-order chi connectivity index (χ1) is 11.2. The fourth-order valence-corrected chi connectivity index (χ4v) is 2.88. The summed E-state index contributed by atoms with van der Waals surface area (Å²) >= 11 is 6.02. The summed E-state index contributed by atoms with van der Waals surface area (Å²) in [6, 6.07) is 2.53. The molecule has 0 bridgehead atoms. The van der Waals surface area contributed by atoms with Crippen molar-refractivity contribution in [2.45, 2.75) is 0 Å². The Balaban J connectivity index is 2.47. The van der Waals surface area contributed by atoms with Crippen LogP contribution < -0.4 is 0 Å². The van der Waals surface area contributed by atoms with Gasteiger partial charge in [-0.1, -0.05) is 0 Å². The summed E-state index contributed by atoms with van der Waals surface area (Å²) in [4.78, 5) is 47.4. The van der Waals surface area contributed by atoms with Gasteiger partial charge in [0, 0.05) is 12.1 Å². The molecule has 0 atom stereocenters. The lowest BCUT2D eigenvalue weighted by molar-refractivity contribution is -0.394. The first-order valence-corrected chi connectivity index (χ1v) is 7.63. The number of carbonyl (C=O) groups is 2. The second-order valence-electron chi connectivity index (χ2n) is 4.41. The first-order valence-electron chi connectivity index (χ1n) is 6.05. The van der Waals surface area contributed by atoms with Crippen molar-refractivity contribution in [2.75, 3.05) is 0 Å². The van der Waals surface area contributed by atoms with Crippen LogP contribution in [0.15, 0.2) is 44.3 Å². The average Bonchev–Trinajstić information content (AvgIpc) is 2.51. The molecule has 1 aromatic rings. The van der Waals surface area contributed by atoms with Crippen LogP contribution in [0.25, 0.3) is 0 Å². The van der Waals surface area contributed by atoms with Gasteiger partial charge in [0.1, 0.15) is 0 Å². The number of hydrogen-bond donors (Lipinski definition) is 0. The van der Waals surface area contributed by atoms with E-state index in [1.54, 1.807) is 0 Å². The van der Waals surface area contributed by atoms with Gasteiger partial charge in [-0.15, -0.1) is 0 Å². The highest BCUT2D eigenvalue weighted by molar-refractivity contribution is 9.13. The van der Waals surface area contributed by atoms with Crippen LogP contribution >= 0.6 is 31.9 Å². The van der Waals surface area contributed by atoms with Crippen molar-refractivity contribution in [1.29, 1.82) is 0 Å². The van der Waals surface area contributed by atoms with Crippen molar-refractivity contribution in [3.8, 4) is 0 Å². The summed E-state index contributed by atoms with van der Waals surface area (Å²) in [6.07, 6.45) is 2.58. The minimum Gasteiger partial charge on any atom is -0.287 e. The van der Waals surface area contributed by atoms with E-state index < -0.39 is 27.1 Å². The Morgan fingerprint density at radius 3 is 1.83 bits per heavy atom. The van der Waals surface area contributed by atoms with E-state index in [4.69, 9.17) is 0 Å². The molecule has 1 aliphatic carbocycles. The van der Waals surface area contributed by atoms with Crippen molar-refractivity contribution < 1.29 is 19.4 Å². The molecule has 0 spiro atoms. The van der Waals surface area contributed by atoms with Gasteiger partial charge in [-0.05, 0) is 44.0 Å². The monoisotopic (exact) mass is 457 g/mol. The van der Waals surface area contributed by atoms with E-state index in [0.717, 1.165) is 18.2 Å². The van der Waals surface area contributed by atoms with Crippen LogP contribution in [0, 0.1) is 20.2 Å². The van der Waals surface area contributed by atoms with Gasteiger partial charge in [0.15, 0.2) is 0 Å². The number of nitro benzene ring substituents is 2. The van der Waals surface area contributed by atoms with Gasteiger partial charge in [-0.25, -0.2) is 4.99 Å². The third-order valence-electron chi connectivity index (χ3n) is 2.78. The third-order valence-corrected chi connectivity index (χ3v) is 3.96. The maximum Gasteiger partial charge on any atom is 0.278 e. The molecular formula is C13H5Br2N3O6. The molecule has 0 saturated carbocycles. The molecule has 0 fully saturated rings. The molecule has 0 aliphatic heterocycles. The lowest BCUT2D eigenvalue weighted by Crippen LogP contribution is -2.09. The number of nitrogens with zero attached hydrogens (tertiary/aromatic N) is 3. The number of nitro groups is 2. The standard InChI is InChI=1S/C13H5Br2N3O6/c14-10-3-7(4-11(15)12(10)19)16-13(20)6-1-8(17(21)22)5-9(2-6)18(23)24/h1-5H. The quantitative estimate of drug-likeness (QED) is 0.388. The van der Waals surface area contributed by atoms with E-state index in [2.05, 4.69) is 36.9 Å². The highest BCUT2D eigenvalue weighted by Crippen LogP contribution is 2.25. The predicted octanol–water partition coefficient (Wildman–Crippen LogP) is 3.22. The van der Waals surface area contributed by atoms with Crippen LogP contribution in [0.4, 0.5) is 11.4 Å². The van der Waals surface area contributed by atoms with Crippen molar-refractivity contribution in [3.05, 3.63) is 65.1 Å². The van der Waals surface area contributed by atoms with Crippen molar-refractivity contribution >= 4 is 60.6 Å². The number of Topliss-reactive ketones (excluding diaryl/α,β-unsaturated/α-hetero) is 1. The smallest absolute Gasteiger partial charge is 0.278 e. The third kappa shape index (κ3) is 3.86. The van der Waals surface area contributed by atoms with Crippen molar-refractivity contribution in [2.24, 2.45) is 4.99 Å². The number of aliphatic imine (C=N–C) groups is 1. The Labute approximate surface area is 150 Å². The summed E-state index contributed by atoms with van der Waals surface area (Å²) in [7, 11) is 0. The minimum absolute atomic E-state index is 0.104.